The van der Waals surface area contributed by atoms with Crippen LogP contribution in [0.5, 0.6) is 0 Å². The van der Waals surface area contributed by atoms with Gasteiger partial charge in [0.2, 0.25) is 0 Å². The van der Waals surface area contributed by atoms with Crippen LogP contribution in [0.1, 0.15) is 15.9 Å². The first-order valence-corrected chi connectivity index (χ1v) is 10.3. The van der Waals surface area contributed by atoms with Gasteiger partial charge in [0.1, 0.15) is 0 Å². The maximum atomic E-state index is 12.8. The van der Waals surface area contributed by atoms with Gasteiger partial charge in [-0.1, -0.05) is 41.9 Å². The molecule has 5 nitrogen and oxygen atoms in total. The van der Waals surface area contributed by atoms with Crippen molar-refractivity contribution in [3.8, 4) is 0 Å². The van der Waals surface area contributed by atoms with Gasteiger partial charge in [-0.25, -0.2) is 8.42 Å². The zero-order chi connectivity index (χ0) is 20.3. The van der Waals surface area contributed by atoms with Crippen LogP contribution in [0.3, 0.4) is 0 Å². The van der Waals surface area contributed by atoms with Crippen molar-refractivity contribution < 1.29 is 13.2 Å². The predicted molar refractivity (Wildman–Crippen MR) is 113 cm³/mol. The topological polar surface area (TPSA) is 66.5 Å². The first-order valence-electron chi connectivity index (χ1n) is 8.50. The number of hydrogen-bond donors (Lipinski definition) is 1. The molecule has 1 amide bonds. The third kappa shape index (κ3) is 4.18. The van der Waals surface area contributed by atoms with Crippen molar-refractivity contribution in [1.82, 2.24) is 0 Å². The molecule has 0 spiro atoms. The van der Waals surface area contributed by atoms with Gasteiger partial charge < -0.3 is 5.32 Å². The van der Waals surface area contributed by atoms with Crippen molar-refractivity contribution >= 4 is 38.9 Å². The van der Waals surface area contributed by atoms with Gasteiger partial charge in [-0.2, -0.15) is 0 Å². The molecule has 0 aliphatic carbocycles. The molecule has 0 fully saturated rings. The summed E-state index contributed by atoms with van der Waals surface area (Å²) in [6.07, 6.45) is 0. The highest BCUT2D eigenvalue weighted by Gasteiger charge is 2.21. The molecule has 3 aromatic rings. The van der Waals surface area contributed by atoms with Gasteiger partial charge in [0, 0.05) is 23.3 Å². The highest BCUT2D eigenvalue weighted by atomic mass is 35.5. The van der Waals surface area contributed by atoms with E-state index in [-0.39, 0.29) is 10.8 Å². The number of carbonyl (C=O) groups excluding carboxylic acids is 1. The number of halogens is 1. The summed E-state index contributed by atoms with van der Waals surface area (Å²) in [5.41, 5.74) is 2.20. The summed E-state index contributed by atoms with van der Waals surface area (Å²) < 4.78 is 26.7. The summed E-state index contributed by atoms with van der Waals surface area (Å²) in [6, 6.07) is 19.8. The lowest BCUT2D eigenvalue weighted by Gasteiger charge is -2.20. The van der Waals surface area contributed by atoms with Crippen molar-refractivity contribution in [3.05, 3.63) is 88.9 Å². The van der Waals surface area contributed by atoms with E-state index < -0.39 is 10.0 Å². The summed E-state index contributed by atoms with van der Waals surface area (Å²) in [5, 5.41) is 3.33. The quantitative estimate of drug-likeness (QED) is 0.656. The molecular formula is C21H19ClN2O3S. The molecule has 144 valence electrons. The second-order valence-corrected chi connectivity index (χ2v) is 8.63. The number of hydrogen-bond acceptors (Lipinski definition) is 3. The van der Waals surface area contributed by atoms with E-state index in [0.717, 1.165) is 9.87 Å². The first kappa shape index (κ1) is 19.9. The molecule has 0 radical (unpaired) electrons. The van der Waals surface area contributed by atoms with E-state index in [1.54, 1.807) is 48.5 Å². The van der Waals surface area contributed by atoms with Gasteiger partial charge in [0.15, 0.2) is 0 Å². The third-order valence-corrected chi connectivity index (χ3v) is 6.51. The van der Waals surface area contributed by atoms with Crippen LogP contribution >= 0.6 is 11.6 Å². The molecule has 0 atom stereocenters. The number of amides is 1. The maximum absolute atomic E-state index is 12.8. The molecule has 0 bridgehead atoms. The van der Waals surface area contributed by atoms with E-state index in [2.05, 4.69) is 5.32 Å². The molecule has 0 aliphatic heterocycles. The fourth-order valence-corrected chi connectivity index (χ4v) is 4.00. The third-order valence-electron chi connectivity index (χ3n) is 4.30. The smallest absolute Gasteiger partial charge is 0.264 e. The second kappa shape index (κ2) is 8.04. The SMILES string of the molecule is Cc1ccc(NC(=O)c2cccc(N(C)S(=O)(=O)c3ccccc3)c2)cc1Cl. The number of rotatable bonds is 5. The Kier molecular flexibility index (Phi) is 5.72. The van der Waals surface area contributed by atoms with Gasteiger partial charge in [-0.15, -0.1) is 0 Å². The van der Waals surface area contributed by atoms with Crippen LogP contribution in [0.25, 0.3) is 0 Å². The van der Waals surface area contributed by atoms with E-state index in [4.69, 9.17) is 11.6 Å². The second-order valence-electron chi connectivity index (χ2n) is 6.25. The molecule has 0 heterocycles. The number of benzene rings is 3. The van der Waals surface area contributed by atoms with E-state index in [9.17, 15) is 13.2 Å². The zero-order valence-corrected chi connectivity index (χ0v) is 17.0. The van der Waals surface area contributed by atoms with Crippen LogP contribution in [0.4, 0.5) is 11.4 Å². The summed E-state index contributed by atoms with van der Waals surface area (Å²) in [6.45, 7) is 1.88. The summed E-state index contributed by atoms with van der Waals surface area (Å²) in [5.74, 6) is -0.354. The van der Waals surface area contributed by atoms with Gasteiger partial charge in [0.05, 0.1) is 10.6 Å². The fourth-order valence-electron chi connectivity index (χ4n) is 2.61. The number of carbonyl (C=O) groups is 1. The van der Waals surface area contributed by atoms with Crippen LogP contribution in [0.2, 0.25) is 5.02 Å². The Hall–Kier alpha value is -2.83. The Morgan fingerprint density at radius 1 is 0.964 bits per heavy atom. The highest BCUT2D eigenvalue weighted by Crippen LogP contribution is 2.24. The molecule has 1 N–H and O–H groups in total. The average Bonchev–Trinajstić information content (AvgIpc) is 2.71. The van der Waals surface area contributed by atoms with Crippen molar-refractivity contribution in [1.29, 1.82) is 0 Å². The Morgan fingerprint density at radius 3 is 2.36 bits per heavy atom. The molecule has 3 aromatic carbocycles. The average molecular weight is 415 g/mol. The minimum absolute atomic E-state index is 0.182. The predicted octanol–water partition coefficient (Wildman–Crippen LogP) is 4.73. The van der Waals surface area contributed by atoms with E-state index >= 15 is 0 Å². The largest absolute Gasteiger partial charge is 0.322 e. The Morgan fingerprint density at radius 2 is 1.68 bits per heavy atom. The minimum atomic E-state index is -3.72. The standard InChI is InChI=1S/C21H19ClN2O3S/c1-15-11-12-17(14-20(15)22)23-21(25)16-7-6-8-18(13-16)24(2)28(26,27)19-9-4-3-5-10-19/h3-14H,1-2H3,(H,23,25). The van der Waals surface area contributed by atoms with Crippen molar-refractivity contribution in [2.45, 2.75) is 11.8 Å². The van der Waals surface area contributed by atoms with Gasteiger partial charge >= 0.3 is 0 Å². The minimum Gasteiger partial charge on any atom is -0.322 e. The Balaban J connectivity index is 1.85. The van der Waals surface area contributed by atoms with Crippen LogP contribution in [-0.4, -0.2) is 21.4 Å². The molecular weight excluding hydrogens is 396 g/mol. The lowest BCUT2D eigenvalue weighted by molar-refractivity contribution is 0.102. The molecule has 3 rings (SSSR count). The highest BCUT2D eigenvalue weighted by molar-refractivity contribution is 7.92. The molecule has 0 aromatic heterocycles. The molecule has 28 heavy (non-hydrogen) atoms. The molecule has 0 aliphatic rings. The van der Waals surface area contributed by atoms with Crippen molar-refractivity contribution in [2.75, 3.05) is 16.7 Å². The normalized spacial score (nSPS) is 11.1. The maximum Gasteiger partial charge on any atom is 0.264 e. The van der Waals surface area contributed by atoms with Gasteiger partial charge in [0.25, 0.3) is 15.9 Å². The first-order chi connectivity index (χ1) is 13.3. The van der Waals surface area contributed by atoms with Crippen molar-refractivity contribution in [3.63, 3.8) is 0 Å². The van der Waals surface area contributed by atoms with Crippen LogP contribution in [-0.2, 0) is 10.0 Å². The lowest BCUT2D eigenvalue weighted by atomic mass is 10.1. The Bertz CT molecular complexity index is 1120. The Labute approximate surface area is 169 Å². The monoisotopic (exact) mass is 414 g/mol. The van der Waals surface area contributed by atoms with E-state index in [1.807, 2.05) is 13.0 Å². The molecule has 0 saturated heterocycles. The van der Waals surface area contributed by atoms with Crippen molar-refractivity contribution in [2.24, 2.45) is 0 Å². The summed E-state index contributed by atoms with van der Waals surface area (Å²) in [4.78, 5) is 12.8. The summed E-state index contributed by atoms with van der Waals surface area (Å²) >= 11 is 6.09. The zero-order valence-electron chi connectivity index (χ0n) is 15.4. The number of sulfonamides is 1. The number of anilines is 2. The fraction of sp³-hybridized carbons (Fsp3) is 0.0952. The lowest BCUT2D eigenvalue weighted by Crippen LogP contribution is -2.26. The van der Waals surface area contributed by atoms with Crippen LogP contribution in [0.15, 0.2) is 77.7 Å². The molecule has 0 saturated carbocycles. The van der Waals surface area contributed by atoms with Crippen LogP contribution < -0.4 is 9.62 Å². The number of nitrogens with zero attached hydrogens (tertiary/aromatic N) is 1. The molecule has 7 heteroatoms. The van der Waals surface area contributed by atoms with E-state index in [0.29, 0.717) is 22.0 Å². The number of nitrogens with one attached hydrogen (secondary N) is 1. The van der Waals surface area contributed by atoms with Gasteiger partial charge in [-0.05, 0) is 55.0 Å². The number of aryl methyl sites for hydroxylation is 1. The summed E-state index contributed by atoms with van der Waals surface area (Å²) in [7, 11) is -2.26. The van der Waals surface area contributed by atoms with Crippen LogP contribution in [0, 0.1) is 6.92 Å². The van der Waals surface area contributed by atoms with E-state index in [1.165, 1.54) is 25.2 Å². The van der Waals surface area contributed by atoms with Gasteiger partial charge in [-0.3, -0.25) is 9.10 Å². The molecule has 0 unspecified atom stereocenters.